The normalized spacial score (nSPS) is 11.2. The average Bonchev–Trinajstić information content (AvgIpc) is 2.26. The zero-order valence-corrected chi connectivity index (χ0v) is 13.1. The molecule has 1 aromatic carbocycles. The molecule has 0 N–H and O–H groups in total. The SMILES string of the molecule is COc1cc(Br)c(C(=O)CC(C)(C)C)cc1OC. The van der Waals surface area contributed by atoms with Crippen molar-refractivity contribution in [3.05, 3.63) is 22.2 Å². The van der Waals surface area contributed by atoms with E-state index < -0.39 is 0 Å². The van der Waals surface area contributed by atoms with Gasteiger partial charge in [0.1, 0.15) is 0 Å². The fraction of sp³-hybridized carbons (Fsp3) is 0.500. The molecular formula is C14H19BrO3. The summed E-state index contributed by atoms with van der Waals surface area (Å²) in [5.74, 6) is 1.27. The molecule has 0 aliphatic heterocycles. The Bertz CT molecular complexity index is 447. The van der Waals surface area contributed by atoms with E-state index in [2.05, 4.69) is 15.9 Å². The van der Waals surface area contributed by atoms with E-state index in [1.165, 1.54) is 0 Å². The van der Waals surface area contributed by atoms with Crippen LogP contribution in [0.1, 0.15) is 37.6 Å². The van der Waals surface area contributed by atoms with E-state index in [1.54, 1.807) is 26.4 Å². The Morgan fingerprint density at radius 1 is 1.17 bits per heavy atom. The van der Waals surface area contributed by atoms with E-state index in [9.17, 15) is 4.79 Å². The van der Waals surface area contributed by atoms with Gasteiger partial charge in [0.05, 0.1) is 14.2 Å². The van der Waals surface area contributed by atoms with E-state index in [-0.39, 0.29) is 11.2 Å². The molecule has 0 aliphatic carbocycles. The van der Waals surface area contributed by atoms with Crippen LogP contribution in [0.25, 0.3) is 0 Å². The Hall–Kier alpha value is -1.03. The van der Waals surface area contributed by atoms with Crippen molar-refractivity contribution in [1.82, 2.24) is 0 Å². The quantitative estimate of drug-likeness (QED) is 0.785. The van der Waals surface area contributed by atoms with E-state index >= 15 is 0 Å². The third-order valence-electron chi connectivity index (χ3n) is 2.46. The number of halogens is 1. The molecule has 18 heavy (non-hydrogen) atoms. The summed E-state index contributed by atoms with van der Waals surface area (Å²) in [6, 6.07) is 3.48. The highest BCUT2D eigenvalue weighted by atomic mass is 79.9. The molecular weight excluding hydrogens is 296 g/mol. The highest BCUT2D eigenvalue weighted by Gasteiger charge is 2.21. The second kappa shape index (κ2) is 5.74. The van der Waals surface area contributed by atoms with Gasteiger partial charge in [-0.15, -0.1) is 0 Å². The van der Waals surface area contributed by atoms with Gasteiger partial charge in [-0.25, -0.2) is 0 Å². The molecule has 0 fully saturated rings. The first kappa shape index (κ1) is 15.0. The van der Waals surface area contributed by atoms with Crippen LogP contribution in [-0.4, -0.2) is 20.0 Å². The number of ether oxygens (including phenoxy) is 2. The Morgan fingerprint density at radius 2 is 1.67 bits per heavy atom. The van der Waals surface area contributed by atoms with Crippen molar-refractivity contribution in [2.24, 2.45) is 5.41 Å². The molecule has 0 bridgehead atoms. The summed E-state index contributed by atoms with van der Waals surface area (Å²) < 4.78 is 11.1. The van der Waals surface area contributed by atoms with Gasteiger partial charge >= 0.3 is 0 Å². The molecule has 0 unspecified atom stereocenters. The summed E-state index contributed by atoms with van der Waals surface area (Å²) in [6.45, 7) is 6.12. The summed E-state index contributed by atoms with van der Waals surface area (Å²) in [5.41, 5.74) is 0.589. The Morgan fingerprint density at radius 3 is 2.11 bits per heavy atom. The third kappa shape index (κ3) is 3.73. The molecule has 4 heteroatoms. The first-order valence-corrected chi connectivity index (χ1v) is 6.52. The molecule has 0 spiro atoms. The van der Waals surface area contributed by atoms with Crippen LogP contribution in [0.5, 0.6) is 11.5 Å². The van der Waals surface area contributed by atoms with Gasteiger partial charge < -0.3 is 9.47 Å². The molecule has 0 heterocycles. The maximum Gasteiger partial charge on any atom is 0.164 e. The van der Waals surface area contributed by atoms with Gasteiger partial charge in [-0.2, -0.15) is 0 Å². The van der Waals surface area contributed by atoms with E-state index in [0.29, 0.717) is 23.5 Å². The standard InChI is InChI=1S/C14H19BrO3/c1-14(2,3)8-11(16)9-6-12(17-4)13(18-5)7-10(9)15/h6-7H,8H2,1-5H3. The lowest BCUT2D eigenvalue weighted by molar-refractivity contribution is 0.0938. The van der Waals surface area contributed by atoms with Gasteiger partial charge in [-0.05, 0) is 33.5 Å². The van der Waals surface area contributed by atoms with Crippen LogP contribution in [0.3, 0.4) is 0 Å². The number of Topliss-reactive ketones (excluding diaryl/α,β-unsaturated/α-hetero) is 1. The summed E-state index contributed by atoms with van der Waals surface area (Å²) in [7, 11) is 3.13. The minimum absolute atomic E-state index is 0.0380. The van der Waals surface area contributed by atoms with Crippen LogP contribution in [0.4, 0.5) is 0 Å². The lowest BCUT2D eigenvalue weighted by Gasteiger charge is -2.18. The molecule has 0 radical (unpaired) electrons. The number of carbonyl (C=O) groups excluding carboxylic acids is 1. The lowest BCUT2D eigenvalue weighted by Crippen LogP contribution is -2.13. The number of hydrogen-bond donors (Lipinski definition) is 0. The molecule has 0 saturated heterocycles. The topological polar surface area (TPSA) is 35.5 Å². The molecule has 0 aliphatic rings. The zero-order chi connectivity index (χ0) is 13.9. The first-order valence-electron chi connectivity index (χ1n) is 5.73. The van der Waals surface area contributed by atoms with Crippen LogP contribution in [0.2, 0.25) is 0 Å². The minimum Gasteiger partial charge on any atom is -0.493 e. The molecule has 0 saturated carbocycles. The second-order valence-corrected chi connectivity index (χ2v) is 6.20. The highest BCUT2D eigenvalue weighted by molar-refractivity contribution is 9.10. The van der Waals surface area contributed by atoms with Crippen molar-refractivity contribution >= 4 is 21.7 Å². The van der Waals surface area contributed by atoms with Crippen molar-refractivity contribution in [3.63, 3.8) is 0 Å². The smallest absolute Gasteiger partial charge is 0.164 e. The molecule has 1 aromatic rings. The lowest BCUT2D eigenvalue weighted by atomic mass is 9.88. The van der Waals surface area contributed by atoms with E-state index in [0.717, 1.165) is 4.47 Å². The van der Waals surface area contributed by atoms with Crippen molar-refractivity contribution in [2.45, 2.75) is 27.2 Å². The number of methoxy groups -OCH3 is 2. The van der Waals surface area contributed by atoms with Crippen LogP contribution >= 0.6 is 15.9 Å². The first-order chi connectivity index (χ1) is 8.28. The van der Waals surface area contributed by atoms with Gasteiger partial charge in [0.15, 0.2) is 17.3 Å². The number of hydrogen-bond acceptors (Lipinski definition) is 3. The van der Waals surface area contributed by atoms with E-state index in [1.807, 2.05) is 20.8 Å². The number of rotatable bonds is 4. The third-order valence-corrected chi connectivity index (χ3v) is 3.12. The van der Waals surface area contributed by atoms with Crippen LogP contribution < -0.4 is 9.47 Å². The van der Waals surface area contributed by atoms with Crippen LogP contribution in [0.15, 0.2) is 16.6 Å². The summed E-state index contributed by atoms with van der Waals surface area (Å²) >= 11 is 3.40. The Balaban J connectivity index is 3.13. The molecule has 0 aromatic heterocycles. The Kier molecular flexibility index (Phi) is 4.79. The minimum atomic E-state index is -0.0380. The fourth-order valence-electron chi connectivity index (χ4n) is 1.64. The average molecular weight is 315 g/mol. The predicted molar refractivity (Wildman–Crippen MR) is 75.6 cm³/mol. The number of benzene rings is 1. The maximum absolute atomic E-state index is 12.2. The molecule has 3 nitrogen and oxygen atoms in total. The summed E-state index contributed by atoms with van der Waals surface area (Å²) in [5, 5.41) is 0. The summed E-state index contributed by atoms with van der Waals surface area (Å²) in [6.07, 6.45) is 0.487. The van der Waals surface area contributed by atoms with Gasteiger partial charge in [-0.3, -0.25) is 4.79 Å². The van der Waals surface area contributed by atoms with Crippen molar-refractivity contribution in [3.8, 4) is 11.5 Å². The molecule has 100 valence electrons. The van der Waals surface area contributed by atoms with Crippen LogP contribution in [0, 0.1) is 5.41 Å². The monoisotopic (exact) mass is 314 g/mol. The maximum atomic E-state index is 12.2. The van der Waals surface area contributed by atoms with Crippen molar-refractivity contribution in [2.75, 3.05) is 14.2 Å². The zero-order valence-electron chi connectivity index (χ0n) is 11.5. The Labute approximate surface area is 117 Å². The number of ketones is 1. The fourth-order valence-corrected chi connectivity index (χ4v) is 2.19. The summed E-state index contributed by atoms with van der Waals surface area (Å²) in [4.78, 5) is 12.2. The van der Waals surface area contributed by atoms with Crippen LogP contribution in [-0.2, 0) is 0 Å². The predicted octanol–water partition coefficient (Wildman–Crippen LogP) is 4.09. The van der Waals surface area contributed by atoms with E-state index in [4.69, 9.17) is 9.47 Å². The largest absolute Gasteiger partial charge is 0.493 e. The second-order valence-electron chi connectivity index (χ2n) is 5.35. The van der Waals surface area contributed by atoms with Gasteiger partial charge in [0, 0.05) is 16.5 Å². The van der Waals surface area contributed by atoms with Gasteiger partial charge in [-0.1, -0.05) is 20.8 Å². The molecule has 0 atom stereocenters. The highest BCUT2D eigenvalue weighted by Crippen LogP contribution is 2.35. The van der Waals surface area contributed by atoms with Gasteiger partial charge in [0.25, 0.3) is 0 Å². The number of carbonyl (C=O) groups is 1. The van der Waals surface area contributed by atoms with Gasteiger partial charge in [0.2, 0.25) is 0 Å². The molecule has 0 amide bonds. The molecule has 1 rings (SSSR count). The van der Waals surface area contributed by atoms with Crippen molar-refractivity contribution in [1.29, 1.82) is 0 Å². The van der Waals surface area contributed by atoms with Crippen molar-refractivity contribution < 1.29 is 14.3 Å².